The number of nitrogens with one attached hydrogen (secondary N) is 1. The first-order valence-corrected chi connectivity index (χ1v) is 10.9. The van der Waals surface area contributed by atoms with Crippen LogP contribution in [0.15, 0.2) is 23.4 Å². The van der Waals surface area contributed by atoms with Gasteiger partial charge in [-0.05, 0) is 62.3 Å². The van der Waals surface area contributed by atoms with E-state index in [4.69, 9.17) is 5.73 Å². The summed E-state index contributed by atoms with van der Waals surface area (Å²) in [4.78, 5) is 23.8. The van der Waals surface area contributed by atoms with E-state index >= 15 is 0 Å². The van der Waals surface area contributed by atoms with Gasteiger partial charge in [0, 0.05) is 10.6 Å². The Morgan fingerprint density at radius 2 is 2.07 bits per heavy atom. The van der Waals surface area contributed by atoms with E-state index in [1.807, 2.05) is 32.0 Å². The van der Waals surface area contributed by atoms with Crippen LogP contribution in [0.4, 0.5) is 11.5 Å². The van der Waals surface area contributed by atoms with E-state index in [0.717, 1.165) is 39.9 Å². The number of carbonyl (C=O) groups is 1. The molecule has 2 aromatic heterocycles. The fourth-order valence-electron chi connectivity index (χ4n) is 3.43. The van der Waals surface area contributed by atoms with Crippen molar-refractivity contribution in [1.29, 1.82) is 0 Å². The molecule has 140 valence electrons. The quantitative estimate of drug-likeness (QED) is 0.499. The number of hydrogen-bond acceptors (Lipinski definition) is 6. The zero-order chi connectivity index (χ0) is 19.0. The lowest BCUT2D eigenvalue weighted by molar-refractivity contribution is -0.113. The summed E-state index contributed by atoms with van der Waals surface area (Å²) in [5.41, 5.74) is 10.7. The van der Waals surface area contributed by atoms with Crippen LogP contribution in [0.3, 0.4) is 0 Å². The average molecular weight is 399 g/mol. The minimum Gasteiger partial charge on any atom is -0.383 e. The molecule has 0 bridgehead atoms. The van der Waals surface area contributed by atoms with Crippen LogP contribution in [-0.2, 0) is 17.6 Å². The predicted molar refractivity (Wildman–Crippen MR) is 114 cm³/mol. The van der Waals surface area contributed by atoms with Gasteiger partial charge in [-0.1, -0.05) is 23.9 Å². The van der Waals surface area contributed by atoms with Crippen molar-refractivity contribution in [2.45, 2.75) is 44.7 Å². The summed E-state index contributed by atoms with van der Waals surface area (Å²) in [7, 11) is 0. The minimum absolute atomic E-state index is 0.0681. The van der Waals surface area contributed by atoms with Gasteiger partial charge < -0.3 is 11.1 Å². The van der Waals surface area contributed by atoms with Crippen LogP contribution in [0.25, 0.3) is 10.2 Å². The van der Waals surface area contributed by atoms with Gasteiger partial charge in [-0.15, -0.1) is 11.3 Å². The van der Waals surface area contributed by atoms with Crippen LogP contribution in [0, 0.1) is 13.8 Å². The number of nitrogens with zero attached hydrogens (tertiary/aromatic N) is 2. The number of hydrogen-bond donors (Lipinski definition) is 2. The number of carbonyl (C=O) groups excluding carboxylic acids is 1. The Bertz CT molecular complexity index is 1030. The number of thioether (sulfide) groups is 1. The summed E-state index contributed by atoms with van der Waals surface area (Å²) < 4.78 is 0. The van der Waals surface area contributed by atoms with Crippen molar-refractivity contribution in [2.75, 3.05) is 16.8 Å². The molecule has 3 N–H and O–H groups in total. The van der Waals surface area contributed by atoms with Crippen molar-refractivity contribution in [1.82, 2.24) is 9.97 Å². The van der Waals surface area contributed by atoms with Crippen molar-refractivity contribution in [3.63, 3.8) is 0 Å². The summed E-state index contributed by atoms with van der Waals surface area (Å²) in [6.07, 6.45) is 4.60. The molecule has 2 heterocycles. The van der Waals surface area contributed by atoms with E-state index in [1.165, 1.54) is 35.0 Å². The average Bonchev–Trinajstić information content (AvgIpc) is 3.02. The lowest BCUT2D eigenvalue weighted by Gasteiger charge is -2.11. The smallest absolute Gasteiger partial charge is 0.234 e. The van der Waals surface area contributed by atoms with Gasteiger partial charge in [0.15, 0.2) is 5.16 Å². The maximum absolute atomic E-state index is 12.3. The number of nitrogens with two attached hydrogens (primary N) is 1. The largest absolute Gasteiger partial charge is 0.383 e. The van der Waals surface area contributed by atoms with Crippen LogP contribution in [-0.4, -0.2) is 21.6 Å². The van der Waals surface area contributed by atoms with Crippen LogP contribution in [0.5, 0.6) is 0 Å². The van der Waals surface area contributed by atoms with Crippen LogP contribution in [0.1, 0.15) is 34.4 Å². The van der Waals surface area contributed by atoms with E-state index in [2.05, 4.69) is 15.3 Å². The van der Waals surface area contributed by atoms with Gasteiger partial charge in [0.1, 0.15) is 10.6 Å². The molecule has 1 aliphatic rings. The van der Waals surface area contributed by atoms with Crippen LogP contribution < -0.4 is 11.1 Å². The number of fused-ring (bicyclic) bond motifs is 3. The number of rotatable bonds is 4. The second-order valence-electron chi connectivity index (χ2n) is 6.87. The molecule has 0 unspecified atom stereocenters. The molecule has 1 aromatic carbocycles. The molecule has 5 nitrogen and oxygen atoms in total. The second kappa shape index (κ2) is 7.48. The third-order valence-electron chi connectivity index (χ3n) is 5.03. The monoisotopic (exact) mass is 398 g/mol. The van der Waals surface area contributed by atoms with Gasteiger partial charge in [-0.2, -0.15) is 0 Å². The zero-order valence-electron chi connectivity index (χ0n) is 15.5. The third-order valence-corrected chi connectivity index (χ3v) is 7.07. The molecule has 0 atom stereocenters. The first-order valence-electron chi connectivity index (χ1n) is 9.09. The topological polar surface area (TPSA) is 80.9 Å². The standard InChI is InChI=1S/C20H22N4OS2/c1-11-6-5-8-14(12(11)2)22-16(25)10-26-20-23-18(21)17-13-7-3-4-9-15(13)27-19(17)24-20/h5-6,8H,3-4,7,9-10H2,1-2H3,(H,22,25)(H2,21,23,24). The molecule has 0 spiro atoms. The molecule has 3 aromatic rings. The number of aromatic nitrogens is 2. The molecule has 1 aliphatic carbocycles. The molecule has 4 rings (SSSR count). The third kappa shape index (κ3) is 3.66. The Kier molecular flexibility index (Phi) is 5.06. The first kappa shape index (κ1) is 18.3. The minimum atomic E-state index is -0.0681. The Morgan fingerprint density at radius 1 is 1.26 bits per heavy atom. The maximum Gasteiger partial charge on any atom is 0.234 e. The zero-order valence-corrected chi connectivity index (χ0v) is 17.1. The highest BCUT2D eigenvalue weighted by atomic mass is 32.2. The lowest BCUT2D eigenvalue weighted by atomic mass is 9.97. The molecule has 0 radical (unpaired) electrons. The van der Waals surface area contributed by atoms with E-state index in [-0.39, 0.29) is 11.7 Å². The van der Waals surface area contributed by atoms with E-state index < -0.39 is 0 Å². The molecule has 0 saturated heterocycles. The van der Waals surface area contributed by atoms with Gasteiger partial charge in [-0.3, -0.25) is 4.79 Å². The Balaban J connectivity index is 1.49. The van der Waals surface area contributed by atoms with Crippen LogP contribution in [0.2, 0.25) is 0 Å². The number of nitrogen functional groups attached to an aromatic ring is 1. The van der Waals surface area contributed by atoms with E-state index in [1.54, 1.807) is 11.3 Å². The van der Waals surface area contributed by atoms with Gasteiger partial charge in [0.25, 0.3) is 0 Å². The summed E-state index contributed by atoms with van der Waals surface area (Å²) in [5, 5.41) is 4.56. The highest BCUT2D eigenvalue weighted by Crippen LogP contribution is 2.38. The maximum atomic E-state index is 12.3. The summed E-state index contributed by atoms with van der Waals surface area (Å²) in [6, 6.07) is 5.90. The van der Waals surface area contributed by atoms with Crippen molar-refractivity contribution in [3.05, 3.63) is 39.8 Å². The first-order chi connectivity index (χ1) is 13.0. The molecular formula is C20H22N4OS2. The normalized spacial score (nSPS) is 13.6. The van der Waals surface area contributed by atoms with E-state index in [0.29, 0.717) is 11.0 Å². The summed E-state index contributed by atoms with van der Waals surface area (Å²) >= 11 is 3.05. The fourth-order valence-corrected chi connectivity index (χ4v) is 5.41. The van der Waals surface area contributed by atoms with Crippen LogP contribution >= 0.6 is 23.1 Å². The molecule has 7 heteroatoms. The number of benzene rings is 1. The van der Waals surface area contributed by atoms with Gasteiger partial charge >= 0.3 is 0 Å². The second-order valence-corrected chi connectivity index (χ2v) is 8.89. The Labute approximate surface area is 166 Å². The van der Waals surface area contributed by atoms with Gasteiger partial charge in [-0.25, -0.2) is 9.97 Å². The fraction of sp³-hybridized carbons (Fsp3) is 0.350. The van der Waals surface area contributed by atoms with E-state index in [9.17, 15) is 4.79 Å². The molecule has 1 amide bonds. The SMILES string of the molecule is Cc1cccc(NC(=O)CSc2nc(N)c3c4c(sc3n2)CCCC4)c1C. The molecule has 27 heavy (non-hydrogen) atoms. The predicted octanol–water partition coefficient (Wildman–Crippen LogP) is 4.50. The number of thiophene rings is 1. The van der Waals surface area contributed by atoms with Crippen molar-refractivity contribution >= 4 is 50.7 Å². The van der Waals surface area contributed by atoms with Crippen molar-refractivity contribution < 1.29 is 4.79 Å². The summed E-state index contributed by atoms with van der Waals surface area (Å²) in [5.74, 6) is 0.724. The van der Waals surface area contributed by atoms with Gasteiger partial charge in [0.2, 0.25) is 5.91 Å². The molecule has 0 saturated carbocycles. The van der Waals surface area contributed by atoms with Crippen molar-refractivity contribution in [2.24, 2.45) is 0 Å². The molecular weight excluding hydrogens is 376 g/mol. The summed E-state index contributed by atoms with van der Waals surface area (Å²) in [6.45, 7) is 4.04. The highest BCUT2D eigenvalue weighted by molar-refractivity contribution is 7.99. The molecule has 0 aliphatic heterocycles. The Hall–Kier alpha value is -2.12. The van der Waals surface area contributed by atoms with Crippen molar-refractivity contribution in [3.8, 4) is 0 Å². The molecule has 0 fully saturated rings. The number of amides is 1. The number of aryl methyl sites for hydroxylation is 3. The highest BCUT2D eigenvalue weighted by Gasteiger charge is 2.20. The number of anilines is 2. The Morgan fingerprint density at radius 3 is 2.93 bits per heavy atom. The lowest BCUT2D eigenvalue weighted by Crippen LogP contribution is -2.15. The van der Waals surface area contributed by atoms with Gasteiger partial charge in [0.05, 0.1) is 11.1 Å².